The molecule has 22 heteroatoms. The highest BCUT2D eigenvalue weighted by Crippen LogP contribution is 2.48. The van der Waals surface area contributed by atoms with Crippen molar-refractivity contribution in [2.45, 2.75) is 98.2 Å². The van der Waals surface area contributed by atoms with E-state index in [-0.39, 0.29) is 28.4 Å². The van der Waals surface area contributed by atoms with Gasteiger partial charge in [-0.05, 0) is 12.1 Å². The van der Waals surface area contributed by atoms with E-state index >= 15 is 0 Å². The van der Waals surface area contributed by atoms with Gasteiger partial charge >= 0.3 is 0 Å². The van der Waals surface area contributed by atoms with Gasteiger partial charge in [0.2, 0.25) is 12.6 Å². The minimum atomic E-state index is -1.99. The molecule has 3 saturated heterocycles. The second-order valence-corrected chi connectivity index (χ2v) is 13.3. The van der Waals surface area contributed by atoms with E-state index in [0.717, 1.165) is 24.3 Å². The van der Waals surface area contributed by atoms with E-state index in [9.17, 15) is 76.6 Å². The van der Waals surface area contributed by atoms with Crippen molar-refractivity contribution in [1.29, 1.82) is 0 Å². The predicted molar refractivity (Wildman–Crippen MR) is 174 cm³/mol. The van der Waals surface area contributed by atoms with E-state index < -0.39 is 141 Å². The van der Waals surface area contributed by atoms with Crippen LogP contribution in [0.2, 0.25) is 0 Å². The fourth-order valence-corrected chi connectivity index (χ4v) is 6.55. The molecule has 4 aliphatic heterocycles. The number of aliphatic hydroxyl groups is 12. The number of phenols is 4. The van der Waals surface area contributed by atoms with Gasteiger partial charge in [0.1, 0.15) is 84.2 Å². The number of ether oxygens (including phenoxy) is 7. The van der Waals surface area contributed by atoms with E-state index in [1.165, 1.54) is 6.08 Å². The van der Waals surface area contributed by atoms with Crippen molar-refractivity contribution in [1.82, 2.24) is 0 Å². The normalized spacial score (nSPS) is 39.1. The molecule has 6 rings (SSSR count). The van der Waals surface area contributed by atoms with E-state index in [2.05, 4.69) is 4.74 Å². The van der Waals surface area contributed by atoms with Crippen molar-refractivity contribution >= 4 is 6.08 Å². The van der Waals surface area contributed by atoms with Gasteiger partial charge < -0.3 is 110 Å². The van der Waals surface area contributed by atoms with Crippen LogP contribution in [0.3, 0.4) is 0 Å². The van der Waals surface area contributed by atoms with Gasteiger partial charge in [-0.2, -0.15) is 0 Å². The summed E-state index contributed by atoms with van der Waals surface area (Å²) in [7, 11) is 0. The number of hydrogen-bond acceptors (Lipinski definition) is 21. The molecule has 2 aromatic carbocycles. The van der Waals surface area contributed by atoms with Crippen LogP contribution >= 0.6 is 0 Å². The molecule has 2 aromatic rings. The molecule has 16 N–H and O–H groups in total. The maximum atomic E-state index is 11.2. The van der Waals surface area contributed by atoms with Crippen molar-refractivity contribution < 1.29 is 110 Å². The first-order valence-corrected chi connectivity index (χ1v) is 16.8. The second kappa shape index (κ2) is 16.3. The number of aliphatic hydroxyl groups excluding tert-OH is 11. The first kappa shape index (κ1) is 40.8. The summed E-state index contributed by atoms with van der Waals surface area (Å²) in [6.45, 7) is -2.50. The van der Waals surface area contributed by atoms with Crippen LogP contribution < -0.4 is 4.74 Å². The zero-order valence-corrected chi connectivity index (χ0v) is 28.4. The van der Waals surface area contributed by atoms with Crippen molar-refractivity contribution in [2.24, 2.45) is 0 Å². The Balaban J connectivity index is 1.41. The zero-order valence-electron chi connectivity index (χ0n) is 28.4. The molecule has 306 valence electrons. The standard InChI is InChI=1S/C33H42O22/c34-6-17-21(41)24(44)27(47)31(52-17)50-15-4-10(37)3-14-11(15)5-16(29(49-14)9-1-12(38)20(40)13(39)2-9)51-33-30(26(46)23(43)19(8-36)54-33)55-32-28(48)25(45)22(42)18(7-35)53-32/h1-5,17-19,21-48H,6-8H2/p+1. The topological polar surface area (TPSA) is 372 Å². The summed E-state index contributed by atoms with van der Waals surface area (Å²) in [4.78, 5) is 0. The highest BCUT2D eigenvalue weighted by atomic mass is 16.8. The maximum Gasteiger partial charge on any atom is 0.270 e. The number of aromatic hydroxyl groups is 5. The lowest BCUT2D eigenvalue weighted by Crippen LogP contribution is -2.64. The molecule has 4 heterocycles. The lowest BCUT2D eigenvalue weighted by molar-refractivity contribution is -0.364. The first-order valence-electron chi connectivity index (χ1n) is 16.8. The molecule has 0 aromatic heterocycles. The fraction of sp³-hybridized carbons (Fsp3) is 0.576. The lowest BCUT2D eigenvalue weighted by atomic mass is 9.97. The Labute approximate surface area is 309 Å². The number of hydrogen-bond donors (Lipinski definition) is 15. The fourth-order valence-electron chi connectivity index (χ4n) is 6.55. The summed E-state index contributed by atoms with van der Waals surface area (Å²) >= 11 is 0. The SMILES string of the molecule is OCC1OC(Oc2cc(O)cc3c2C=C(OC2OC(CO)C(O)C(O)C2OC2OC(CO)C(O)C(O)C2O)C(c2cc(O)c(O)c(O)c2)[OH+]3)C(O)C(O)C1O. The van der Waals surface area contributed by atoms with Crippen molar-refractivity contribution in [3.05, 3.63) is 41.2 Å². The Morgan fingerprint density at radius 2 is 1.07 bits per heavy atom. The number of fused-ring (bicyclic) bond motifs is 1. The molecule has 0 aliphatic carbocycles. The number of benzene rings is 2. The molecule has 55 heavy (non-hydrogen) atoms. The van der Waals surface area contributed by atoms with Crippen LogP contribution in [-0.2, 0) is 23.7 Å². The largest absolute Gasteiger partial charge is 0.571 e. The molecular formula is C33H43O22+. The van der Waals surface area contributed by atoms with E-state index in [4.69, 9.17) is 28.4 Å². The summed E-state index contributed by atoms with van der Waals surface area (Å²) in [6, 6.07) is 4.20. The summed E-state index contributed by atoms with van der Waals surface area (Å²) in [5.41, 5.74) is -0.0966. The molecule has 0 radical (unpaired) electrons. The van der Waals surface area contributed by atoms with Gasteiger partial charge in [0.05, 0.1) is 31.5 Å². The molecule has 3 fully saturated rings. The van der Waals surface area contributed by atoms with Gasteiger partial charge in [-0.1, -0.05) is 0 Å². The second-order valence-electron chi connectivity index (χ2n) is 13.3. The minimum absolute atomic E-state index is 0.0327. The highest BCUT2D eigenvalue weighted by Gasteiger charge is 2.52. The number of phenolic OH excluding ortho intramolecular Hbond substituents is 4. The summed E-state index contributed by atoms with van der Waals surface area (Å²) in [6.07, 6.45) is -26.9. The third-order valence-corrected chi connectivity index (χ3v) is 9.65. The lowest BCUT2D eigenvalue weighted by Gasteiger charge is -2.46. The molecule has 0 amide bonds. The van der Waals surface area contributed by atoms with Gasteiger partial charge in [0.25, 0.3) is 11.9 Å². The quantitative estimate of drug-likeness (QED) is 0.0789. The monoisotopic (exact) mass is 791 g/mol. The Hall–Kier alpha value is -3.82. The third kappa shape index (κ3) is 7.80. The van der Waals surface area contributed by atoms with Crippen LogP contribution in [0.4, 0.5) is 0 Å². The molecule has 0 bridgehead atoms. The Bertz CT molecular complexity index is 1660. The van der Waals surface area contributed by atoms with Crippen molar-refractivity contribution in [2.75, 3.05) is 19.8 Å². The zero-order chi connectivity index (χ0) is 40.0. The average Bonchev–Trinajstić information content (AvgIpc) is 3.16. The van der Waals surface area contributed by atoms with Crippen LogP contribution in [0.5, 0.6) is 34.5 Å². The van der Waals surface area contributed by atoms with Gasteiger partial charge in [-0.15, -0.1) is 0 Å². The summed E-state index contributed by atoms with van der Waals surface area (Å²) in [5, 5.41) is 155. The predicted octanol–water partition coefficient (Wildman–Crippen LogP) is -5.33. The van der Waals surface area contributed by atoms with Crippen molar-refractivity contribution in [3.63, 3.8) is 0 Å². The first-order chi connectivity index (χ1) is 26.1. The molecule has 22 nitrogen and oxygen atoms in total. The minimum Gasteiger partial charge on any atom is -0.571 e. The third-order valence-electron chi connectivity index (χ3n) is 9.65. The Morgan fingerprint density at radius 1 is 0.564 bits per heavy atom. The summed E-state index contributed by atoms with van der Waals surface area (Å²) < 4.78 is 38.9. The van der Waals surface area contributed by atoms with Crippen LogP contribution in [0.25, 0.3) is 6.08 Å². The van der Waals surface area contributed by atoms with Crippen LogP contribution in [-0.4, -0.2) is 193 Å². The highest BCUT2D eigenvalue weighted by molar-refractivity contribution is 5.70. The Morgan fingerprint density at radius 3 is 1.64 bits per heavy atom. The Kier molecular flexibility index (Phi) is 12.1. The van der Waals surface area contributed by atoms with Gasteiger partial charge in [0.15, 0.2) is 35.4 Å². The maximum absolute atomic E-state index is 11.2. The van der Waals surface area contributed by atoms with Gasteiger partial charge in [0, 0.05) is 12.1 Å². The molecule has 4 aliphatic rings. The molecular weight excluding hydrogens is 748 g/mol. The summed E-state index contributed by atoms with van der Waals surface area (Å²) in [5.74, 6) is -3.60. The van der Waals surface area contributed by atoms with Gasteiger partial charge in [-0.25, -0.2) is 0 Å². The van der Waals surface area contributed by atoms with E-state index in [1.807, 2.05) is 0 Å². The molecule has 0 spiro atoms. The van der Waals surface area contributed by atoms with Crippen LogP contribution in [0.15, 0.2) is 30.0 Å². The van der Waals surface area contributed by atoms with E-state index in [1.54, 1.807) is 0 Å². The van der Waals surface area contributed by atoms with Crippen LogP contribution in [0.1, 0.15) is 17.2 Å². The molecule has 0 saturated carbocycles. The molecule has 16 unspecified atom stereocenters. The van der Waals surface area contributed by atoms with Gasteiger partial charge in [-0.3, -0.25) is 0 Å². The van der Waals surface area contributed by atoms with E-state index in [0.29, 0.717) is 0 Å². The molecule has 16 atom stereocenters. The number of rotatable bonds is 10. The van der Waals surface area contributed by atoms with Crippen LogP contribution in [0, 0.1) is 0 Å². The average molecular weight is 792 g/mol. The van der Waals surface area contributed by atoms with Crippen molar-refractivity contribution in [3.8, 4) is 34.5 Å². The smallest absolute Gasteiger partial charge is 0.270 e.